The molecule has 0 saturated carbocycles. The second-order valence-corrected chi connectivity index (χ2v) is 2.61. The van der Waals surface area contributed by atoms with E-state index in [0.717, 1.165) is 32.1 Å². The minimum absolute atomic E-state index is 0. The van der Waals surface area contributed by atoms with Crippen LogP contribution in [0.5, 0.6) is 0 Å². The molecular weight excluding hydrogens is 147 g/mol. The minimum atomic E-state index is -0.936. The molecule has 0 radical (unpaired) electrons. The summed E-state index contributed by atoms with van der Waals surface area (Å²) in [5.41, 5.74) is 0. The summed E-state index contributed by atoms with van der Waals surface area (Å²) < 4.78 is 0. The Morgan fingerprint density at radius 2 is 1.83 bits per heavy atom. The zero-order valence-electron chi connectivity index (χ0n) is 7.84. The van der Waals surface area contributed by atoms with E-state index in [4.69, 9.17) is 0 Å². The Morgan fingerprint density at radius 1 is 1.25 bits per heavy atom. The van der Waals surface area contributed by atoms with E-state index in [2.05, 4.69) is 6.58 Å². The Morgan fingerprint density at radius 3 is 2.33 bits per heavy atom. The summed E-state index contributed by atoms with van der Waals surface area (Å²) in [7, 11) is 0. The van der Waals surface area contributed by atoms with Gasteiger partial charge >= 0.3 is 18.9 Å². The number of allylic oxidation sites excluding steroid dienone is 1. The average molecular weight is 162 g/mol. The summed E-state index contributed by atoms with van der Waals surface area (Å²) in [6.45, 7) is 3.60. The van der Waals surface area contributed by atoms with Crippen molar-refractivity contribution in [2.45, 2.75) is 38.5 Å². The second kappa shape index (κ2) is 10.8. The Hall–Kier alpha value is -0.193. The standard InChI is InChI=1S/C9H16O2.Li/c1-2-3-4-5-6-7-8-9(10)11;/h2H,1,3-8H2,(H,10,11);/q;+1/p-1. The van der Waals surface area contributed by atoms with Crippen LogP contribution in [0, 0.1) is 0 Å². The van der Waals surface area contributed by atoms with Crippen molar-refractivity contribution in [1.82, 2.24) is 0 Å². The van der Waals surface area contributed by atoms with Gasteiger partial charge in [0.15, 0.2) is 0 Å². The van der Waals surface area contributed by atoms with Crippen LogP contribution < -0.4 is 24.0 Å². The van der Waals surface area contributed by atoms with Crippen LogP contribution in [0.2, 0.25) is 0 Å². The molecule has 0 spiro atoms. The van der Waals surface area contributed by atoms with Crippen molar-refractivity contribution >= 4 is 5.97 Å². The molecule has 0 N–H and O–H groups in total. The molecule has 2 nitrogen and oxygen atoms in total. The van der Waals surface area contributed by atoms with Gasteiger partial charge in [-0.2, -0.15) is 0 Å². The molecule has 3 heteroatoms. The van der Waals surface area contributed by atoms with Gasteiger partial charge in [-0.1, -0.05) is 18.9 Å². The van der Waals surface area contributed by atoms with Crippen LogP contribution in [0.1, 0.15) is 38.5 Å². The number of unbranched alkanes of at least 4 members (excludes halogenated alkanes) is 4. The molecule has 0 heterocycles. The molecule has 0 aromatic heterocycles. The van der Waals surface area contributed by atoms with Crippen LogP contribution >= 0.6 is 0 Å². The quantitative estimate of drug-likeness (QED) is 0.253. The van der Waals surface area contributed by atoms with Crippen LogP contribution in [0.4, 0.5) is 0 Å². The Balaban J connectivity index is 0. The first-order chi connectivity index (χ1) is 5.27. The number of carbonyl (C=O) groups is 1. The normalized spacial score (nSPS) is 8.67. The first kappa shape index (κ1) is 14.3. The molecule has 0 aliphatic heterocycles. The third-order valence-corrected chi connectivity index (χ3v) is 1.54. The monoisotopic (exact) mass is 162 g/mol. The summed E-state index contributed by atoms with van der Waals surface area (Å²) in [5, 5.41) is 9.96. The first-order valence-corrected chi connectivity index (χ1v) is 4.08. The zero-order valence-corrected chi connectivity index (χ0v) is 7.84. The van der Waals surface area contributed by atoms with Gasteiger partial charge in [-0.3, -0.25) is 0 Å². The van der Waals surface area contributed by atoms with Crippen LogP contribution in [-0.2, 0) is 4.79 Å². The molecule has 0 amide bonds. The molecule has 0 unspecified atom stereocenters. The maximum atomic E-state index is 9.96. The summed E-state index contributed by atoms with van der Waals surface area (Å²) in [6.07, 6.45) is 7.08. The number of aliphatic carboxylic acids is 1. The van der Waals surface area contributed by atoms with E-state index in [0.29, 0.717) is 0 Å². The number of hydrogen-bond acceptors (Lipinski definition) is 2. The fraction of sp³-hybridized carbons (Fsp3) is 0.667. The van der Waals surface area contributed by atoms with E-state index in [-0.39, 0.29) is 25.3 Å². The fourth-order valence-corrected chi connectivity index (χ4v) is 0.912. The number of carboxylic acids is 1. The van der Waals surface area contributed by atoms with Gasteiger partial charge in [-0.05, 0) is 25.7 Å². The van der Waals surface area contributed by atoms with E-state index < -0.39 is 5.97 Å². The molecule has 0 aromatic carbocycles. The van der Waals surface area contributed by atoms with E-state index in [1.807, 2.05) is 6.08 Å². The van der Waals surface area contributed by atoms with Gasteiger partial charge in [-0.25, -0.2) is 0 Å². The molecule has 0 aliphatic carbocycles. The number of hydrogen-bond donors (Lipinski definition) is 0. The van der Waals surface area contributed by atoms with Crippen LogP contribution in [0.15, 0.2) is 12.7 Å². The molecule has 0 rings (SSSR count). The molecule has 64 valence electrons. The predicted octanol–water partition coefficient (Wildman–Crippen LogP) is -1.73. The smallest absolute Gasteiger partial charge is 0.550 e. The van der Waals surface area contributed by atoms with Gasteiger partial charge < -0.3 is 9.90 Å². The molecule has 0 aromatic rings. The van der Waals surface area contributed by atoms with E-state index in [1.165, 1.54) is 0 Å². The molecule has 0 atom stereocenters. The van der Waals surface area contributed by atoms with Crippen molar-refractivity contribution in [1.29, 1.82) is 0 Å². The molecule has 0 aliphatic rings. The van der Waals surface area contributed by atoms with Gasteiger partial charge in [0, 0.05) is 5.97 Å². The summed E-state index contributed by atoms with van der Waals surface area (Å²) in [6, 6.07) is 0. The van der Waals surface area contributed by atoms with Crippen molar-refractivity contribution in [2.75, 3.05) is 0 Å². The third-order valence-electron chi connectivity index (χ3n) is 1.54. The van der Waals surface area contributed by atoms with E-state index in [1.54, 1.807) is 0 Å². The maximum Gasteiger partial charge on any atom is 1.00 e. The summed E-state index contributed by atoms with van der Waals surface area (Å²) >= 11 is 0. The van der Waals surface area contributed by atoms with Crippen LogP contribution in [-0.4, -0.2) is 5.97 Å². The number of carbonyl (C=O) groups excluding carboxylic acids is 1. The van der Waals surface area contributed by atoms with Crippen molar-refractivity contribution in [3.05, 3.63) is 12.7 Å². The van der Waals surface area contributed by atoms with Crippen molar-refractivity contribution in [3.63, 3.8) is 0 Å². The summed E-state index contributed by atoms with van der Waals surface area (Å²) in [4.78, 5) is 9.96. The number of rotatable bonds is 7. The topological polar surface area (TPSA) is 40.1 Å². The predicted molar refractivity (Wildman–Crippen MR) is 42.9 cm³/mol. The third kappa shape index (κ3) is 12.5. The molecule has 0 saturated heterocycles. The van der Waals surface area contributed by atoms with Gasteiger partial charge in [0.1, 0.15) is 0 Å². The second-order valence-electron chi connectivity index (χ2n) is 2.61. The van der Waals surface area contributed by atoms with Crippen molar-refractivity contribution in [2.24, 2.45) is 0 Å². The van der Waals surface area contributed by atoms with Gasteiger partial charge in [0.25, 0.3) is 0 Å². The fourth-order valence-electron chi connectivity index (χ4n) is 0.912. The van der Waals surface area contributed by atoms with E-state index >= 15 is 0 Å². The number of carboxylic acid groups (broad SMARTS) is 1. The first-order valence-electron chi connectivity index (χ1n) is 4.08. The zero-order chi connectivity index (χ0) is 8.53. The minimum Gasteiger partial charge on any atom is -0.550 e. The SMILES string of the molecule is C=CCCCCCCC(=O)[O-].[Li+]. The summed E-state index contributed by atoms with van der Waals surface area (Å²) in [5.74, 6) is -0.936. The Kier molecular flexibility index (Phi) is 12.9. The van der Waals surface area contributed by atoms with Crippen molar-refractivity contribution in [3.8, 4) is 0 Å². The molecule has 0 fully saturated rings. The largest absolute Gasteiger partial charge is 1.00 e. The van der Waals surface area contributed by atoms with Crippen LogP contribution in [0.3, 0.4) is 0 Å². The maximum absolute atomic E-state index is 9.96. The molecule has 12 heavy (non-hydrogen) atoms. The Labute approximate surface area is 86.2 Å². The molecule has 0 bridgehead atoms. The molecular formula is C9H15LiO2. The average Bonchev–Trinajstić information content (AvgIpc) is 1.96. The van der Waals surface area contributed by atoms with Crippen molar-refractivity contribution < 1.29 is 28.8 Å². The Bertz CT molecular complexity index is 124. The van der Waals surface area contributed by atoms with Gasteiger partial charge in [0.05, 0.1) is 0 Å². The van der Waals surface area contributed by atoms with Gasteiger partial charge in [-0.15, -0.1) is 6.58 Å². The van der Waals surface area contributed by atoms with Crippen LogP contribution in [0.25, 0.3) is 0 Å². The van der Waals surface area contributed by atoms with Gasteiger partial charge in [0.2, 0.25) is 0 Å². The van der Waals surface area contributed by atoms with E-state index in [9.17, 15) is 9.90 Å².